The predicted molar refractivity (Wildman–Crippen MR) is 59.0 cm³/mol. The smallest absolute Gasteiger partial charge is 0.193 e. The van der Waals surface area contributed by atoms with E-state index in [-0.39, 0.29) is 5.54 Å². The Morgan fingerprint density at radius 1 is 1.47 bits per heavy atom. The zero-order valence-electron chi connectivity index (χ0n) is 9.04. The zero-order chi connectivity index (χ0) is 10.3. The largest absolute Gasteiger partial charge is 0.479 e. The van der Waals surface area contributed by atoms with Crippen LogP contribution in [0.1, 0.15) is 31.2 Å². The summed E-state index contributed by atoms with van der Waals surface area (Å²) in [5, 5.41) is 0. The Hall–Kier alpha value is -0.960. The molecule has 1 aromatic heterocycles. The molecule has 3 rings (SSSR count). The van der Waals surface area contributed by atoms with Gasteiger partial charge in [-0.15, -0.1) is 0 Å². The molecule has 0 bridgehead atoms. The minimum absolute atomic E-state index is 0.170. The first-order valence-electron chi connectivity index (χ1n) is 5.86. The summed E-state index contributed by atoms with van der Waals surface area (Å²) in [4.78, 5) is 0. The van der Waals surface area contributed by atoms with Gasteiger partial charge in [-0.2, -0.15) is 0 Å². The van der Waals surface area contributed by atoms with Gasteiger partial charge in [-0.25, -0.2) is 0 Å². The van der Waals surface area contributed by atoms with Crippen LogP contribution in [-0.4, -0.2) is 16.7 Å². The number of fused-ring (bicyclic) bond motifs is 1. The number of nitrogens with zero attached hydrogens (tertiary/aromatic N) is 1. The first-order valence-corrected chi connectivity index (χ1v) is 5.86. The maximum absolute atomic E-state index is 6.08. The van der Waals surface area contributed by atoms with Crippen molar-refractivity contribution in [3.8, 4) is 5.88 Å². The molecule has 82 valence electrons. The van der Waals surface area contributed by atoms with Crippen LogP contribution in [0.3, 0.4) is 0 Å². The third kappa shape index (κ3) is 1.88. The fourth-order valence-electron chi connectivity index (χ4n) is 2.19. The van der Waals surface area contributed by atoms with E-state index in [9.17, 15) is 0 Å². The van der Waals surface area contributed by atoms with Crippen LogP contribution in [0.2, 0.25) is 0 Å². The van der Waals surface area contributed by atoms with E-state index in [1.165, 1.54) is 18.4 Å². The van der Waals surface area contributed by atoms with Gasteiger partial charge in [0, 0.05) is 24.3 Å². The van der Waals surface area contributed by atoms with Gasteiger partial charge >= 0.3 is 0 Å². The van der Waals surface area contributed by atoms with E-state index >= 15 is 0 Å². The monoisotopic (exact) mass is 206 g/mol. The first-order chi connectivity index (χ1) is 7.25. The van der Waals surface area contributed by atoms with Crippen LogP contribution < -0.4 is 10.5 Å². The van der Waals surface area contributed by atoms with Crippen molar-refractivity contribution in [1.82, 2.24) is 4.57 Å². The van der Waals surface area contributed by atoms with Gasteiger partial charge in [0.05, 0.1) is 6.61 Å². The maximum Gasteiger partial charge on any atom is 0.193 e. The predicted octanol–water partition coefficient (Wildman–Crippen LogP) is 1.69. The molecule has 3 heteroatoms. The Kier molecular flexibility index (Phi) is 2.02. The molecule has 0 spiro atoms. The summed E-state index contributed by atoms with van der Waals surface area (Å²) >= 11 is 0. The molecule has 0 atom stereocenters. The van der Waals surface area contributed by atoms with Crippen LogP contribution in [0.5, 0.6) is 5.88 Å². The maximum atomic E-state index is 6.08. The fourth-order valence-corrected chi connectivity index (χ4v) is 2.19. The fraction of sp³-hybridized carbons (Fsp3) is 0.667. The molecule has 1 aliphatic carbocycles. The van der Waals surface area contributed by atoms with Gasteiger partial charge in [0.15, 0.2) is 5.88 Å². The quantitative estimate of drug-likeness (QED) is 0.817. The molecule has 0 unspecified atom stereocenters. The summed E-state index contributed by atoms with van der Waals surface area (Å²) in [6, 6.07) is 2.17. The molecule has 1 fully saturated rings. The van der Waals surface area contributed by atoms with Crippen molar-refractivity contribution in [3.63, 3.8) is 0 Å². The van der Waals surface area contributed by atoms with E-state index in [4.69, 9.17) is 10.5 Å². The molecule has 0 aromatic carbocycles. The molecular weight excluding hydrogens is 188 g/mol. The Morgan fingerprint density at radius 2 is 2.33 bits per heavy atom. The van der Waals surface area contributed by atoms with Crippen molar-refractivity contribution in [2.45, 2.75) is 44.2 Å². The summed E-state index contributed by atoms with van der Waals surface area (Å²) in [6.45, 7) is 1.97. The van der Waals surface area contributed by atoms with E-state index in [1.807, 2.05) is 0 Å². The molecule has 2 N–H and O–H groups in total. The normalized spacial score (nSPS) is 21.9. The highest BCUT2D eigenvalue weighted by Gasteiger charge is 2.37. The SMILES string of the molecule is NC1(CCc2cc3n(c2)CCCO3)CC1. The lowest BCUT2D eigenvalue weighted by atomic mass is 10.1. The van der Waals surface area contributed by atoms with Gasteiger partial charge < -0.3 is 15.0 Å². The third-order valence-electron chi connectivity index (χ3n) is 3.51. The van der Waals surface area contributed by atoms with Gasteiger partial charge in [0.2, 0.25) is 0 Å². The Labute approximate surface area is 90.2 Å². The van der Waals surface area contributed by atoms with Gasteiger partial charge in [-0.05, 0) is 37.7 Å². The highest BCUT2D eigenvalue weighted by molar-refractivity contribution is 5.25. The van der Waals surface area contributed by atoms with Crippen LogP contribution in [0.15, 0.2) is 12.3 Å². The molecular formula is C12H18N2O. The van der Waals surface area contributed by atoms with Crippen molar-refractivity contribution in [2.24, 2.45) is 5.73 Å². The lowest BCUT2D eigenvalue weighted by Crippen LogP contribution is -2.21. The minimum Gasteiger partial charge on any atom is -0.479 e. The summed E-state index contributed by atoms with van der Waals surface area (Å²) in [6.07, 6.45) is 7.98. The second-order valence-electron chi connectivity index (χ2n) is 4.94. The molecule has 0 amide bonds. The zero-order valence-corrected chi connectivity index (χ0v) is 9.04. The molecule has 2 heterocycles. The van der Waals surface area contributed by atoms with E-state index in [0.29, 0.717) is 0 Å². The highest BCUT2D eigenvalue weighted by Crippen LogP contribution is 2.37. The van der Waals surface area contributed by atoms with Crippen molar-refractivity contribution in [2.75, 3.05) is 6.61 Å². The lowest BCUT2D eigenvalue weighted by molar-refractivity contribution is 0.241. The van der Waals surface area contributed by atoms with Crippen LogP contribution >= 0.6 is 0 Å². The standard InChI is InChI=1S/C12H18N2O/c13-12(4-5-12)3-2-10-8-11-14(9-10)6-1-7-15-11/h8-9H,1-7,13H2. The number of hydrogen-bond acceptors (Lipinski definition) is 2. The summed E-state index contributed by atoms with van der Waals surface area (Å²) in [7, 11) is 0. The Bertz CT molecular complexity index is 342. The number of ether oxygens (including phenoxy) is 1. The molecule has 0 saturated heterocycles. The molecule has 1 aliphatic heterocycles. The van der Waals surface area contributed by atoms with Crippen molar-refractivity contribution in [3.05, 3.63) is 17.8 Å². The van der Waals surface area contributed by atoms with Crippen LogP contribution in [0.4, 0.5) is 0 Å². The third-order valence-corrected chi connectivity index (χ3v) is 3.51. The van der Waals surface area contributed by atoms with E-state index in [2.05, 4.69) is 16.8 Å². The average molecular weight is 206 g/mol. The van der Waals surface area contributed by atoms with Gasteiger partial charge in [-0.3, -0.25) is 0 Å². The minimum atomic E-state index is 0.170. The summed E-state index contributed by atoms with van der Waals surface area (Å²) in [5.74, 6) is 1.04. The molecule has 15 heavy (non-hydrogen) atoms. The summed E-state index contributed by atoms with van der Waals surface area (Å²) < 4.78 is 7.80. The Balaban J connectivity index is 1.67. The lowest BCUT2D eigenvalue weighted by Gasteiger charge is -2.15. The highest BCUT2D eigenvalue weighted by atomic mass is 16.5. The number of nitrogens with two attached hydrogens (primary N) is 1. The number of rotatable bonds is 3. The second kappa shape index (κ2) is 3.27. The van der Waals surface area contributed by atoms with Crippen molar-refractivity contribution >= 4 is 0 Å². The van der Waals surface area contributed by atoms with Crippen LogP contribution in [0.25, 0.3) is 0 Å². The van der Waals surface area contributed by atoms with Crippen LogP contribution in [0, 0.1) is 0 Å². The number of aryl methyl sites for hydroxylation is 2. The first kappa shape index (κ1) is 9.28. The second-order valence-corrected chi connectivity index (χ2v) is 4.94. The molecule has 1 aromatic rings. The molecule has 2 aliphatic rings. The van der Waals surface area contributed by atoms with Crippen molar-refractivity contribution < 1.29 is 4.74 Å². The summed E-state index contributed by atoms with van der Waals surface area (Å²) in [5.41, 5.74) is 7.63. The molecule has 0 radical (unpaired) electrons. The van der Waals surface area contributed by atoms with Crippen molar-refractivity contribution in [1.29, 1.82) is 0 Å². The van der Waals surface area contributed by atoms with E-state index in [1.54, 1.807) is 0 Å². The van der Waals surface area contributed by atoms with Gasteiger partial charge in [0.1, 0.15) is 0 Å². The number of hydrogen-bond donors (Lipinski definition) is 1. The molecule has 1 saturated carbocycles. The topological polar surface area (TPSA) is 40.2 Å². The Morgan fingerprint density at radius 3 is 3.07 bits per heavy atom. The molecule has 3 nitrogen and oxygen atoms in total. The van der Waals surface area contributed by atoms with E-state index < -0.39 is 0 Å². The van der Waals surface area contributed by atoms with Crippen LogP contribution in [-0.2, 0) is 13.0 Å². The van der Waals surface area contributed by atoms with E-state index in [0.717, 1.165) is 38.3 Å². The average Bonchev–Trinajstić information content (AvgIpc) is 2.83. The van der Waals surface area contributed by atoms with Gasteiger partial charge in [-0.1, -0.05) is 0 Å². The number of aromatic nitrogens is 1. The van der Waals surface area contributed by atoms with Gasteiger partial charge in [0.25, 0.3) is 0 Å².